The summed E-state index contributed by atoms with van der Waals surface area (Å²) in [6.45, 7) is 0.157. The summed E-state index contributed by atoms with van der Waals surface area (Å²) in [4.78, 5) is 14.9. The topological polar surface area (TPSA) is 90.4 Å². The van der Waals surface area contributed by atoms with Crippen molar-refractivity contribution in [1.29, 1.82) is 0 Å². The van der Waals surface area contributed by atoms with Crippen molar-refractivity contribution in [3.8, 4) is 0 Å². The molecule has 1 aliphatic rings. The summed E-state index contributed by atoms with van der Waals surface area (Å²) in [5.74, 6) is -0.571. The molecule has 0 radical (unpaired) electrons. The zero-order valence-corrected chi connectivity index (χ0v) is 9.69. The Labute approximate surface area is 101 Å². The van der Waals surface area contributed by atoms with Gasteiger partial charge in [0.1, 0.15) is 5.44 Å². The van der Waals surface area contributed by atoms with Crippen molar-refractivity contribution in [3.63, 3.8) is 0 Å². The molecule has 0 aliphatic carbocycles. The summed E-state index contributed by atoms with van der Waals surface area (Å²) < 4.78 is 19.7. The standard InChI is InChI=1S/C9H12FN3O3S/c10-6-1-13(9(15)12-8(6)11)5-3-16-7(2-14)17-4-5/h1,5,7,14H,2-4H2,(H2,11,12,15). The number of aliphatic hydroxyl groups is 1. The van der Waals surface area contributed by atoms with Gasteiger partial charge < -0.3 is 15.6 Å². The van der Waals surface area contributed by atoms with Gasteiger partial charge in [0.25, 0.3) is 0 Å². The van der Waals surface area contributed by atoms with Gasteiger partial charge in [-0.1, -0.05) is 0 Å². The van der Waals surface area contributed by atoms with Crippen LogP contribution in [0.2, 0.25) is 0 Å². The van der Waals surface area contributed by atoms with Gasteiger partial charge >= 0.3 is 5.69 Å². The fraction of sp³-hybridized carbons (Fsp3) is 0.556. The molecular weight excluding hydrogens is 249 g/mol. The van der Waals surface area contributed by atoms with Crippen LogP contribution in [0.5, 0.6) is 0 Å². The minimum Gasteiger partial charge on any atom is -0.393 e. The molecule has 3 N–H and O–H groups in total. The van der Waals surface area contributed by atoms with Crippen LogP contribution >= 0.6 is 11.8 Å². The third-order valence-corrected chi connectivity index (χ3v) is 3.66. The smallest absolute Gasteiger partial charge is 0.350 e. The van der Waals surface area contributed by atoms with Crippen molar-refractivity contribution >= 4 is 17.6 Å². The molecule has 94 valence electrons. The number of ether oxygens (including phenoxy) is 1. The molecule has 1 fully saturated rings. The molecule has 0 bridgehead atoms. The van der Waals surface area contributed by atoms with E-state index in [-0.39, 0.29) is 24.7 Å². The predicted octanol–water partition coefficient (Wildman–Crippen LogP) is -0.412. The minimum absolute atomic E-state index is 0.0827. The van der Waals surface area contributed by atoms with E-state index in [0.717, 1.165) is 6.20 Å². The molecule has 8 heteroatoms. The lowest BCUT2D eigenvalue weighted by Crippen LogP contribution is -2.36. The van der Waals surface area contributed by atoms with Crippen molar-refractivity contribution in [2.75, 3.05) is 24.7 Å². The number of anilines is 1. The van der Waals surface area contributed by atoms with Gasteiger partial charge in [-0.3, -0.25) is 4.57 Å². The monoisotopic (exact) mass is 261 g/mol. The van der Waals surface area contributed by atoms with Crippen molar-refractivity contribution in [2.24, 2.45) is 0 Å². The molecule has 0 spiro atoms. The second-order valence-corrected chi connectivity index (χ2v) is 4.79. The van der Waals surface area contributed by atoms with Gasteiger partial charge in [-0.2, -0.15) is 4.98 Å². The zero-order chi connectivity index (χ0) is 12.4. The number of nitrogens with two attached hydrogens (primary N) is 1. The highest BCUT2D eigenvalue weighted by Gasteiger charge is 2.24. The van der Waals surface area contributed by atoms with Crippen molar-refractivity contribution in [3.05, 3.63) is 22.5 Å². The predicted molar refractivity (Wildman–Crippen MR) is 61.2 cm³/mol. The zero-order valence-electron chi connectivity index (χ0n) is 8.88. The highest BCUT2D eigenvalue weighted by atomic mass is 32.2. The fourth-order valence-electron chi connectivity index (χ4n) is 1.52. The first-order valence-corrected chi connectivity index (χ1v) is 6.05. The molecular formula is C9H12FN3O3S. The fourth-order valence-corrected chi connectivity index (χ4v) is 2.49. The van der Waals surface area contributed by atoms with Crippen LogP contribution in [0.3, 0.4) is 0 Å². The number of aromatic nitrogens is 2. The lowest BCUT2D eigenvalue weighted by molar-refractivity contribution is 0.0433. The number of rotatable bonds is 2. The van der Waals surface area contributed by atoms with E-state index in [2.05, 4.69) is 4.98 Å². The number of thioether (sulfide) groups is 1. The van der Waals surface area contributed by atoms with Gasteiger partial charge in [-0.25, -0.2) is 9.18 Å². The summed E-state index contributed by atoms with van der Waals surface area (Å²) in [6, 6.07) is -0.294. The molecule has 17 heavy (non-hydrogen) atoms. The van der Waals surface area contributed by atoms with Crippen LogP contribution in [0.1, 0.15) is 6.04 Å². The number of nitrogens with zero attached hydrogens (tertiary/aromatic N) is 2. The number of halogens is 1. The maximum Gasteiger partial charge on any atom is 0.350 e. The van der Waals surface area contributed by atoms with Crippen LogP contribution in [0, 0.1) is 5.82 Å². The average Bonchev–Trinajstić information content (AvgIpc) is 2.34. The Kier molecular flexibility index (Phi) is 3.65. The van der Waals surface area contributed by atoms with E-state index in [1.807, 2.05) is 0 Å². The summed E-state index contributed by atoms with van der Waals surface area (Å²) in [5, 5.41) is 8.88. The first-order valence-electron chi connectivity index (χ1n) is 5.00. The van der Waals surface area contributed by atoms with E-state index in [4.69, 9.17) is 15.6 Å². The van der Waals surface area contributed by atoms with Crippen LogP contribution in [0.4, 0.5) is 10.2 Å². The molecule has 1 saturated heterocycles. The summed E-state index contributed by atoms with van der Waals surface area (Å²) >= 11 is 1.37. The van der Waals surface area contributed by atoms with Gasteiger partial charge in [0, 0.05) is 11.9 Å². The Morgan fingerprint density at radius 2 is 2.53 bits per heavy atom. The molecule has 1 aromatic rings. The Bertz CT molecular complexity index is 459. The van der Waals surface area contributed by atoms with Gasteiger partial charge in [0.15, 0.2) is 11.6 Å². The van der Waals surface area contributed by atoms with Crippen LogP contribution in [-0.2, 0) is 4.74 Å². The molecule has 0 amide bonds. The SMILES string of the molecule is Nc1nc(=O)n(C2COC(CO)SC2)cc1F. The van der Waals surface area contributed by atoms with Gasteiger partial charge in [0.2, 0.25) is 0 Å². The normalized spacial score (nSPS) is 24.8. The first kappa shape index (κ1) is 12.3. The van der Waals surface area contributed by atoms with Crippen molar-refractivity contribution in [1.82, 2.24) is 9.55 Å². The Balaban J connectivity index is 2.19. The number of hydrogen-bond acceptors (Lipinski definition) is 6. The number of hydrogen-bond donors (Lipinski definition) is 2. The van der Waals surface area contributed by atoms with Crippen LogP contribution in [-0.4, -0.2) is 39.1 Å². The largest absolute Gasteiger partial charge is 0.393 e. The second-order valence-electron chi connectivity index (χ2n) is 3.60. The lowest BCUT2D eigenvalue weighted by Gasteiger charge is -2.28. The average molecular weight is 261 g/mol. The molecule has 2 atom stereocenters. The highest BCUT2D eigenvalue weighted by Crippen LogP contribution is 2.25. The molecule has 2 rings (SSSR count). The summed E-state index contributed by atoms with van der Waals surface area (Å²) in [7, 11) is 0. The molecule has 2 heterocycles. The van der Waals surface area contributed by atoms with E-state index in [1.54, 1.807) is 0 Å². The van der Waals surface area contributed by atoms with Gasteiger partial charge in [-0.05, 0) is 0 Å². The maximum atomic E-state index is 13.2. The molecule has 1 aromatic heterocycles. The first-order chi connectivity index (χ1) is 8.11. The highest BCUT2D eigenvalue weighted by molar-refractivity contribution is 7.99. The van der Waals surface area contributed by atoms with Crippen LogP contribution in [0.25, 0.3) is 0 Å². The number of nitrogen functional groups attached to an aromatic ring is 1. The lowest BCUT2D eigenvalue weighted by atomic mass is 10.3. The van der Waals surface area contributed by atoms with Gasteiger partial charge in [-0.15, -0.1) is 11.8 Å². The van der Waals surface area contributed by atoms with E-state index in [0.29, 0.717) is 5.75 Å². The van der Waals surface area contributed by atoms with E-state index >= 15 is 0 Å². The van der Waals surface area contributed by atoms with Crippen molar-refractivity contribution in [2.45, 2.75) is 11.5 Å². The molecule has 1 aliphatic heterocycles. The van der Waals surface area contributed by atoms with Crippen molar-refractivity contribution < 1.29 is 14.2 Å². The van der Waals surface area contributed by atoms with E-state index in [9.17, 15) is 9.18 Å². The van der Waals surface area contributed by atoms with Crippen LogP contribution < -0.4 is 11.4 Å². The van der Waals surface area contributed by atoms with E-state index in [1.165, 1.54) is 16.3 Å². The molecule has 6 nitrogen and oxygen atoms in total. The second kappa shape index (κ2) is 5.03. The maximum absolute atomic E-state index is 13.2. The number of aliphatic hydroxyl groups excluding tert-OH is 1. The quantitative estimate of drug-likeness (QED) is 0.752. The van der Waals surface area contributed by atoms with Crippen LogP contribution in [0.15, 0.2) is 11.0 Å². The Morgan fingerprint density at radius 1 is 1.76 bits per heavy atom. The van der Waals surface area contributed by atoms with E-state index < -0.39 is 17.3 Å². The Morgan fingerprint density at radius 3 is 3.12 bits per heavy atom. The summed E-state index contributed by atoms with van der Waals surface area (Å²) in [6.07, 6.45) is 1.04. The van der Waals surface area contributed by atoms with Gasteiger partial charge in [0.05, 0.1) is 19.3 Å². The third-order valence-electron chi connectivity index (χ3n) is 2.43. The Hall–Kier alpha value is -1.12. The minimum atomic E-state index is -0.723. The molecule has 2 unspecified atom stereocenters. The molecule has 0 saturated carbocycles. The molecule has 0 aromatic carbocycles. The summed E-state index contributed by atoms with van der Waals surface area (Å²) in [5.41, 5.74) is 4.31. The third kappa shape index (κ3) is 2.59.